The van der Waals surface area contributed by atoms with Crippen LogP contribution in [0.15, 0.2) is 66.9 Å². The Morgan fingerprint density at radius 1 is 1.05 bits per heavy atom. The molecule has 0 saturated carbocycles. The molecule has 1 saturated heterocycles. The third kappa shape index (κ3) is 7.87. The number of amides is 1. The predicted octanol–water partition coefficient (Wildman–Crippen LogP) is 6.27. The maximum Gasteiger partial charge on any atom is 0.255 e. The van der Waals surface area contributed by atoms with E-state index in [4.69, 9.17) is 14.4 Å². The number of anilines is 3. The van der Waals surface area contributed by atoms with E-state index >= 15 is 0 Å². The molecule has 1 aromatic heterocycles. The van der Waals surface area contributed by atoms with Crippen molar-refractivity contribution in [3.8, 4) is 11.8 Å². The first-order chi connectivity index (χ1) is 20.0. The van der Waals surface area contributed by atoms with Crippen LogP contribution < -0.4 is 19.9 Å². The summed E-state index contributed by atoms with van der Waals surface area (Å²) in [6.07, 6.45) is 1.05. The van der Waals surface area contributed by atoms with E-state index in [0.29, 0.717) is 22.6 Å². The standard InChI is InChI=1S/C32H40FN5O3Si/c1-32(2,3)42(4,5)41-29(21-33)23-40-28-12-6-25(7-13-28)31(39)36-26-8-10-27(11-9-26)37-16-18-38(19-17-37)30-20-24(22-34)14-15-35-30/h6-15,20,29H,16-19,21,23H2,1-5H3,(H,36,39)/t29-/m0/s1. The number of pyridine rings is 1. The molecule has 0 radical (unpaired) electrons. The fraction of sp³-hybridized carbons (Fsp3) is 0.406. The summed E-state index contributed by atoms with van der Waals surface area (Å²) in [6, 6.07) is 20.3. The second-order valence-corrected chi connectivity index (χ2v) is 16.7. The van der Waals surface area contributed by atoms with Gasteiger partial charge < -0.3 is 24.3 Å². The number of nitriles is 1. The highest BCUT2D eigenvalue weighted by atomic mass is 28.4. The zero-order chi connectivity index (χ0) is 30.3. The molecular formula is C32H40FN5O3Si. The van der Waals surface area contributed by atoms with E-state index in [2.05, 4.69) is 60.0 Å². The third-order valence-corrected chi connectivity index (χ3v) is 12.5. The van der Waals surface area contributed by atoms with Gasteiger partial charge in [-0.3, -0.25) is 4.79 Å². The lowest BCUT2D eigenvalue weighted by Crippen LogP contribution is -2.46. The summed E-state index contributed by atoms with van der Waals surface area (Å²) in [7, 11) is -2.11. The van der Waals surface area contributed by atoms with E-state index in [1.807, 2.05) is 30.3 Å². The Morgan fingerprint density at radius 3 is 2.29 bits per heavy atom. The van der Waals surface area contributed by atoms with Crippen LogP contribution in [0.4, 0.5) is 21.6 Å². The second-order valence-electron chi connectivity index (χ2n) is 12.0. The molecule has 0 spiro atoms. The zero-order valence-corrected chi connectivity index (χ0v) is 26.1. The van der Waals surface area contributed by atoms with Crippen molar-refractivity contribution >= 4 is 31.4 Å². The molecule has 2 heterocycles. The van der Waals surface area contributed by atoms with Gasteiger partial charge in [-0.2, -0.15) is 5.26 Å². The average Bonchev–Trinajstić information content (AvgIpc) is 2.99. The molecule has 0 unspecified atom stereocenters. The number of hydrogen-bond acceptors (Lipinski definition) is 7. The molecule has 42 heavy (non-hydrogen) atoms. The number of piperazine rings is 1. The van der Waals surface area contributed by atoms with Crippen molar-refractivity contribution in [2.24, 2.45) is 0 Å². The van der Waals surface area contributed by atoms with Crippen molar-refractivity contribution in [2.75, 3.05) is 54.6 Å². The maximum absolute atomic E-state index is 13.6. The van der Waals surface area contributed by atoms with E-state index in [0.717, 1.165) is 37.7 Å². The Hall–Kier alpha value is -3.94. The highest BCUT2D eigenvalue weighted by Crippen LogP contribution is 2.37. The van der Waals surface area contributed by atoms with Crippen LogP contribution in [-0.2, 0) is 4.43 Å². The first kappa shape index (κ1) is 31.0. The smallest absolute Gasteiger partial charge is 0.255 e. The molecule has 1 N–H and O–H groups in total. The predicted molar refractivity (Wildman–Crippen MR) is 168 cm³/mol. The molecule has 1 atom stereocenters. The van der Waals surface area contributed by atoms with Crippen LogP contribution in [0, 0.1) is 11.3 Å². The molecule has 1 aliphatic heterocycles. The maximum atomic E-state index is 13.6. The molecule has 222 valence electrons. The van der Waals surface area contributed by atoms with Crippen molar-refractivity contribution in [2.45, 2.75) is 45.0 Å². The molecule has 4 rings (SSSR count). The van der Waals surface area contributed by atoms with Crippen LogP contribution in [0.5, 0.6) is 5.75 Å². The van der Waals surface area contributed by atoms with Gasteiger partial charge in [0.15, 0.2) is 8.32 Å². The van der Waals surface area contributed by atoms with Crippen LogP contribution >= 0.6 is 0 Å². The third-order valence-electron chi connectivity index (χ3n) is 7.96. The van der Waals surface area contributed by atoms with Gasteiger partial charge in [0.1, 0.15) is 31.0 Å². The molecule has 3 aromatic rings. The van der Waals surface area contributed by atoms with E-state index in [-0.39, 0.29) is 17.6 Å². The fourth-order valence-electron chi connectivity index (χ4n) is 4.41. The van der Waals surface area contributed by atoms with Gasteiger partial charge in [0.05, 0.1) is 11.6 Å². The Kier molecular flexibility index (Phi) is 9.86. The summed E-state index contributed by atoms with van der Waals surface area (Å²) in [4.78, 5) is 21.7. The van der Waals surface area contributed by atoms with E-state index in [9.17, 15) is 9.18 Å². The van der Waals surface area contributed by atoms with Crippen molar-refractivity contribution in [1.29, 1.82) is 5.26 Å². The SMILES string of the molecule is CC(C)(C)[Si](C)(C)O[C@@H](CF)COc1ccc(C(=O)Nc2ccc(N3CCN(c4cc(C#N)ccn4)CC3)cc2)cc1. The summed E-state index contributed by atoms with van der Waals surface area (Å²) in [5.74, 6) is 1.16. The van der Waals surface area contributed by atoms with Gasteiger partial charge >= 0.3 is 0 Å². The monoisotopic (exact) mass is 589 g/mol. The van der Waals surface area contributed by atoms with Gasteiger partial charge in [0.25, 0.3) is 5.91 Å². The minimum absolute atomic E-state index is 0.0174. The van der Waals surface area contributed by atoms with Gasteiger partial charge in [0, 0.05) is 49.3 Å². The second kappa shape index (κ2) is 13.4. The minimum Gasteiger partial charge on any atom is -0.491 e. The van der Waals surface area contributed by atoms with Crippen LogP contribution in [-0.4, -0.2) is 64.8 Å². The lowest BCUT2D eigenvalue weighted by atomic mass is 10.2. The number of aromatic nitrogens is 1. The first-order valence-electron chi connectivity index (χ1n) is 14.2. The number of halogens is 1. The Balaban J connectivity index is 1.26. The average molecular weight is 590 g/mol. The zero-order valence-electron chi connectivity index (χ0n) is 25.1. The number of nitrogens with zero attached hydrogens (tertiary/aromatic N) is 4. The molecule has 1 amide bonds. The molecule has 8 nitrogen and oxygen atoms in total. The van der Waals surface area contributed by atoms with Crippen LogP contribution in [0.25, 0.3) is 0 Å². The van der Waals surface area contributed by atoms with Crippen molar-refractivity contribution in [1.82, 2.24) is 4.98 Å². The molecular weight excluding hydrogens is 549 g/mol. The Labute approximate surface area is 249 Å². The number of alkyl halides is 1. The van der Waals surface area contributed by atoms with Crippen LogP contribution in [0.1, 0.15) is 36.7 Å². The van der Waals surface area contributed by atoms with Gasteiger partial charge in [-0.15, -0.1) is 0 Å². The number of nitrogens with one attached hydrogen (secondary N) is 1. The molecule has 0 bridgehead atoms. The van der Waals surface area contributed by atoms with Crippen molar-refractivity contribution in [3.63, 3.8) is 0 Å². The van der Waals surface area contributed by atoms with E-state index in [1.165, 1.54) is 0 Å². The summed E-state index contributed by atoms with van der Waals surface area (Å²) in [5.41, 5.74) is 2.89. The van der Waals surface area contributed by atoms with Crippen LogP contribution in [0.3, 0.4) is 0 Å². The van der Waals surface area contributed by atoms with E-state index in [1.54, 1.807) is 36.5 Å². The van der Waals surface area contributed by atoms with Gasteiger partial charge in [0.2, 0.25) is 0 Å². The lowest BCUT2D eigenvalue weighted by molar-refractivity contribution is 0.0919. The highest BCUT2D eigenvalue weighted by molar-refractivity contribution is 6.74. The van der Waals surface area contributed by atoms with Crippen molar-refractivity contribution < 1.29 is 18.3 Å². The topological polar surface area (TPSA) is 90.7 Å². The number of rotatable bonds is 10. The number of benzene rings is 2. The Bertz CT molecular complexity index is 1380. The summed E-state index contributed by atoms with van der Waals surface area (Å²) >= 11 is 0. The highest BCUT2D eigenvalue weighted by Gasteiger charge is 2.39. The normalized spacial score (nSPS) is 14.7. The summed E-state index contributed by atoms with van der Waals surface area (Å²) in [6.45, 7) is 13.3. The molecule has 1 fully saturated rings. The van der Waals surface area contributed by atoms with Gasteiger partial charge in [-0.1, -0.05) is 20.8 Å². The number of ether oxygens (including phenoxy) is 1. The number of hydrogen-bond donors (Lipinski definition) is 1. The van der Waals surface area contributed by atoms with Gasteiger partial charge in [-0.05, 0) is 78.8 Å². The minimum atomic E-state index is -2.11. The number of carbonyl (C=O) groups is 1. The summed E-state index contributed by atoms with van der Waals surface area (Å²) in [5, 5.41) is 12.1. The largest absolute Gasteiger partial charge is 0.491 e. The van der Waals surface area contributed by atoms with Gasteiger partial charge in [-0.25, -0.2) is 9.37 Å². The Morgan fingerprint density at radius 2 is 1.69 bits per heavy atom. The van der Waals surface area contributed by atoms with E-state index < -0.39 is 21.1 Å². The lowest BCUT2D eigenvalue weighted by Gasteiger charge is -2.38. The number of carbonyl (C=O) groups excluding carboxylic acids is 1. The molecule has 10 heteroatoms. The molecule has 2 aromatic carbocycles. The first-order valence-corrected chi connectivity index (χ1v) is 17.1. The molecule has 1 aliphatic rings. The molecule has 0 aliphatic carbocycles. The quantitative estimate of drug-likeness (QED) is 0.279. The van der Waals surface area contributed by atoms with Crippen LogP contribution in [0.2, 0.25) is 18.1 Å². The van der Waals surface area contributed by atoms with Crippen molar-refractivity contribution in [3.05, 3.63) is 78.0 Å². The fourth-order valence-corrected chi connectivity index (χ4v) is 5.73. The summed E-state index contributed by atoms with van der Waals surface area (Å²) < 4.78 is 25.6.